The second-order valence-electron chi connectivity index (χ2n) is 13.3. The van der Waals surface area contributed by atoms with Gasteiger partial charge in [0.25, 0.3) is 0 Å². The molecule has 3 heterocycles. The van der Waals surface area contributed by atoms with Crippen LogP contribution in [0.5, 0.6) is 0 Å². The van der Waals surface area contributed by atoms with Gasteiger partial charge in [0.15, 0.2) is 0 Å². The van der Waals surface area contributed by atoms with Crippen LogP contribution in [0.4, 0.5) is 0 Å². The van der Waals surface area contributed by atoms with Crippen molar-refractivity contribution >= 4 is 17.7 Å². The lowest BCUT2D eigenvalue weighted by atomic mass is 9.66. The molecule has 3 fully saturated rings. The Balaban J connectivity index is 1.92. The highest BCUT2D eigenvalue weighted by atomic mass is 16.5. The molecule has 0 radical (unpaired) electrons. The SMILES string of the molecule is CCCNC(=O)[C@@H]1[C@H]2C(=O)N(CCCCCCO)C(C(=O)NC(C)(C)CC(C)(C)C)C23CC[C@@]1(C)O3. The lowest BCUT2D eigenvalue weighted by Gasteiger charge is -2.38. The standard InChI is InChI=1S/C28H49N3O5/c1-8-15-29-22(33)19-20-24(35)31(16-11-9-10-12-17-32)21(28(20)14-13-27(19,7)36-28)23(34)30-26(5,6)18-25(2,3)4/h19-21,32H,8-18H2,1-7H3,(H,29,33)(H,30,34)/t19-,20-,21?,27+,28?/m0/s1. The van der Waals surface area contributed by atoms with Crippen LogP contribution in [0.15, 0.2) is 0 Å². The molecule has 2 bridgehead atoms. The van der Waals surface area contributed by atoms with Gasteiger partial charge in [-0.1, -0.05) is 40.5 Å². The van der Waals surface area contributed by atoms with Crippen molar-refractivity contribution in [3.63, 3.8) is 0 Å². The number of carbonyl (C=O) groups is 3. The first-order valence-corrected chi connectivity index (χ1v) is 13.9. The molecule has 3 aliphatic rings. The Kier molecular flexibility index (Phi) is 8.51. The molecule has 8 nitrogen and oxygen atoms in total. The van der Waals surface area contributed by atoms with E-state index in [2.05, 4.69) is 31.4 Å². The summed E-state index contributed by atoms with van der Waals surface area (Å²) >= 11 is 0. The van der Waals surface area contributed by atoms with Crippen molar-refractivity contribution < 1.29 is 24.2 Å². The van der Waals surface area contributed by atoms with Crippen molar-refractivity contribution in [1.29, 1.82) is 0 Å². The van der Waals surface area contributed by atoms with Gasteiger partial charge in [0, 0.05) is 25.2 Å². The van der Waals surface area contributed by atoms with Crippen LogP contribution in [0, 0.1) is 17.3 Å². The van der Waals surface area contributed by atoms with Gasteiger partial charge in [0.2, 0.25) is 17.7 Å². The Hall–Kier alpha value is -1.67. The lowest BCUT2D eigenvalue weighted by molar-refractivity contribution is -0.147. The quantitative estimate of drug-likeness (QED) is 0.352. The molecule has 5 atom stereocenters. The predicted molar refractivity (Wildman–Crippen MR) is 139 cm³/mol. The van der Waals surface area contributed by atoms with Gasteiger partial charge in [0.05, 0.1) is 17.4 Å². The number of nitrogens with zero attached hydrogens (tertiary/aromatic N) is 1. The minimum absolute atomic E-state index is 0.0216. The van der Waals surface area contributed by atoms with E-state index in [0.29, 0.717) is 25.9 Å². The van der Waals surface area contributed by atoms with Gasteiger partial charge in [0.1, 0.15) is 11.6 Å². The second kappa shape index (κ2) is 10.6. The van der Waals surface area contributed by atoms with E-state index >= 15 is 0 Å². The van der Waals surface area contributed by atoms with Crippen molar-refractivity contribution in [3.05, 3.63) is 0 Å². The van der Waals surface area contributed by atoms with Crippen LogP contribution in [-0.4, -0.2) is 70.2 Å². The van der Waals surface area contributed by atoms with Crippen molar-refractivity contribution in [3.8, 4) is 0 Å². The molecule has 36 heavy (non-hydrogen) atoms. The monoisotopic (exact) mass is 507 g/mol. The first kappa shape index (κ1) is 28.9. The van der Waals surface area contributed by atoms with E-state index in [4.69, 9.17) is 9.84 Å². The van der Waals surface area contributed by atoms with Gasteiger partial charge in [-0.05, 0) is 64.7 Å². The Morgan fingerprint density at radius 3 is 2.36 bits per heavy atom. The van der Waals surface area contributed by atoms with Gasteiger partial charge in [-0.3, -0.25) is 14.4 Å². The van der Waals surface area contributed by atoms with E-state index < -0.39 is 34.6 Å². The Bertz CT molecular complexity index is 838. The minimum Gasteiger partial charge on any atom is -0.396 e. The van der Waals surface area contributed by atoms with Gasteiger partial charge in [-0.2, -0.15) is 0 Å². The van der Waals surface area contributed by atoms with Gasteiger partial charge in [-0.25, -0.2) is 0 Å². The fraction of sp³-hybridized carbons (Fsp3) is 0.893. The molecule has 2 unspecified atom stereocenters. The molecule has 3 N–H and O–H groups in total. The van der Waals surface area contributed by atoms with Crippen molar-refractivity contribution in [1.82, 2.24) is 15.5 Å². The van der Waals surface area contributed by atoms with E-state index in [1.54, 1.807) is 4.90 Å². The first-order chi connectivity index (χ1) is 16.7. The predicted octanol–water partition coefficient (Wildman–Crippen LogP) is 3.16. The third kappa shape index (κ3) is 5.59. The largest absolute Gasteiger partial charge is 0.396 e. The first-order valence-electron chi connectivity index (χ1n) is 13.9. The highest BCUT2D eigenvalue weighted by molar-refractivity contribution is 5.99. The third-order valence-electron chi connectivity index (χ3n) is 8.10. The molecule has 3 aliphatic heterocycles. The van der Waals surface area contributed by atoms with Crippen LogP contribution >= 0.6 is 0 Å². The zero-order chi connectivity index (χ0) is 26.9. The highest BCUT2D eigenvalue weighted by Crippen LogP contribution is 2.63. The van der Waals surface area contributed by atoms with Crippen molar-refractivity contribution in [2.75, 3.05) is 19.7 Å². The number of fused-ring (bicyclic) bond motifs is 1. The maximum absolute atomic E-state index is 14.0. The Labute approximate surface area is 217 Å². The van der Waals surface area contributed by atoms with E-state index in [0.717, 1.165) is 38.5 Å². The average Bonchev–Trinajstić information content (AvgIpc) is 3.30. The number of amides is 3. The minimum atomic E-state index is -0.979. The summed E-state index contributed by atoms with van der Waals surface area (Å²) in [6, 6.07) is -0.752. The summed E-state index contributed by atoms with van der Waals surface area (Å²) < 4.78 is 6.66. The molecular formula is C28H49N3O5. The van der Waals surface area contributed by atoms with Crippen LogP contribution in [0.2, 0.25) is 0 Å². The normalized spacial score (nSPS) is 31.6. The summed E-state index contributed by atoms with van der Waals surface area (Å²) in [5.74, 6) is -1.70. The molecule has 0 saturated carbocycles. The van der Waals surface area contributed by atoms with Crippen LogP contribution in [-0.2, 0) is 19.1 Å². The van der Waals surface area contributed by atoms with Crippen LogP contribution in [0.3, 0.4) is 0 Å². The van der Waals surface area contributed by atoms with Crippen LogP contribution in [0.25, 0.3) is 0 Å². The maximum atomic E-state index is 14.0. The molecule has 3 saturated heterocycles. The Morgan fingerprint density at radius 1 is 1.08 bits per heavy atom. The highest BCUT2D eigenvalue weighted by Gasteiger charge is 2.77. The molecular weight excluding hydrogens is 458 g/mol. The number of nitrogens with one attached hydrogen (secondary N) is 2. The fourth-order valence-electron chi connectivity index (χ4n) is 7.25. The van der Waals surface area contributed by atoms with Crippen LogP contribution < -0.4 is 10.6 Å². The number of carbonyl (C=O) groups excluding carboxylic acids is 3. The van der Waals surface area contributed by atoms with E-state index in [1.165, 1.54) is 0 Å². The molecule has 1 spiro atoms. The molecule has 8 heteroatoms. The van der Waals surface area contributed by atoms with Crippen molar-refractivity contribution in [2.24, 2.45) is 17.3 Å². The van der Waals surface area contributed by atoms with Crippen LogP contribution in [0.1, 0.15) is 99.8 Å². The summed E-state index contributed by atoms with van der Waals surface area (Å²) in [6.07, 6.45) is 6.05. The number of ether oxygens (including phenoxy) is 1. The molecule has 0 aromatic carbocycles. The van der Waals surface area contributed by atoms with Gasteiger partial charge in [-0.15, -0.1) is 0 Å². The van der Waals surface area contributed by atoms with E-state index in [-0.39, 0.29) is 29.7 Å². The van der Waals surface area contributed by atoms with Crippen molar-refractivity contribution in [2.45, 2.75) is 123 Å². The van der Waals surface area contributed by atoms with Gasteiger partial charge >= 0.3 is 0 Å². The summed E-state index contributed by atoms with van der Waals surface area (Å²) in [7, 11) is 0. The number of likely N-dealkylation sites (tertiary alicyclic amines) is 1. The number of rotatable bonds is 12. The number of hydrogen-bond donors (Lipinski definition) is 3. The number of unbranched alkanes of at least 4 members (excludes halogenated alkanes) is 3. The smallest absolute Gasteiger partial charge is 0.246 e. The molecule has 206 valence electrons. The third-order valence-corrected chi connectivity index (χ3v) is 8.10. The van der Waals surface area contributed by atoms with E-state index in [1.807, 2.05) is 27.7 Å². The molecule has 0 aliphatic carbocycles. The number of aliphatic hydroxyl groups excluding tert-OH is 1. The number of hydrogen-bond acceptors (Lipinski definition) is 5. The molecule has 3 amide bonds. The second-order valence-corrected chi connectivity index (χ2v) is 13.3. The molecule has 0 aromatic rings. The van der Waals surface area contributed by atoms with Gasteiger partial charge < -0.3 is 25.4 Å². The summed E-state index contributed by atoms with van der Waals surface area (Å²) in [5, 5.41) is 15.3. The zero-order valence-electron chi connectivity index (χ0n) is 23.5. The lowest BCUT2D eigenvalue weighted by Crippen LogP contribution is -2.59. The summed E-state index contributed by atoms with van der Waals surface area (Å²) in [5.41, 5.74) is -2.16. The zero-order valence-corrected chi connectivity index (χ0v) is 23.5. The summed E-state index contributed by atoms with van der Waals surface area (Å²) in [4.78, 5) is 43.0. The number of aliphatic hydroxyl groups is 1. The molecule has 3 rings (SSSR count). The Morgan fingerprint density at radius 2 is 1.75 bits per heavy atom. The maximum Gasteiger partial charge on any atom is 0.246 e. The average molecular weight is 508 g/mol. The summed E-state index contributed by atoms with van der Waals surface area (Å²) in [6.45, 7) is 15.6. The molecule has 0 aromatic heterocycles. The topological polar surface area (TPSA) is 108 Å². The van der Waals surface area contributed by atoms with E-state index in [9.17, 15) is 14.4 Å². The fourth-order valence-corrected chi connectivity index (χ4v) is 7.25.